The number of nitrogens with one attached hydrogen (secondary N) is 2. The van der Waals surface area contributed by atoms with Gasteiger partial charge in [0.2, 0.25) is 0 Å². The third-order valence-corrected chi connectivity index (χ3v) is 5.11. The van der Waals surface area contributed by atoms with Crippen LogP contribution >= 0.6 is 22.6 Å². The highest BCUT2D eigenvalue weighted by Crippen LogP contribution is 2.23. The van der Waals surface area contributed by atoms with Crippen LogP contribution in [0.15, 0.2) is 36.5 Å². The van der Waals surface area contributed by atoms with Gasteiger partial charge in [-0.3, -0.25) is 0 Å². The molecule has 3 rings (SSSR count). The van der Waals surface area contributed by atoms with Crippen molar-refractivity contribution in [3.05, 3.63) is 51.5 Å². The summed E-state index contributed by atoms with van der Waals surface area (Å²) in [6.45, 7) is 0.244. The maximum Gasteiger partial charge on any atom is 0.407 e. The number of amides is 1. The normalized spacial score (nSPS) is 18.9. The number of aromatic carboxylic acids is 1. The lowest BCUT2D eigenvalue weighted by Gasteiger charge is -2.30. The molecule has 3 N–H and O–H groups in total. The summed E-state index contributed by atoms with van der Waals surface area (Å²) in [7, 11) is 0. The van der Waals surface area contributed by atoms with Crippen LogP contribution in [-0.4, -0.2) is 39.2 Å². The second-order valence-corrected chi connectivity index (χ2v) is 7.57. The van der Waals surface area contributed by atoms with Crippen molar-refractivity contribution in [2.75, 3.05) is 5.32 Å². The highest BCUT2D eigenvalue weighted by Gasteiger charge is 2.24. The van der Waals surface area contributed by atoms with E-state index in [-0.39, 0.29) is 24.3 Å². The Kier molecular flexibility index (Phi) is 7.01. The molecule has 1 aliphatic carbocycles. The SMILES string of the molecule is O=C(NC1CCC(Nc2nc(I)ncc2C(=O)O)CC1)OCc1ccccc1. The Labute approximate surface area is 176 Å². The van der Waals surface area contributed by atoms with Crippen molar-refractivity contribution in [1.29, 1.82) is 0 Å². The first-order valence-electron chi connectivity index (χ1n) is 9.01. The lowest BCUT2D eigenvalue weighted by Crippen LogP contribution is -2.40. The molecule has 9 heteroatoms. The van der Waals surface area contributed by atoms with E-state index in [1.54, 1.807) is 0 Å². The smallest absolute Gasteiger partial charge is 0.407 e. The van der Waals surface area contributed by atoms with Gasteiger partial charge in [-0.1, -0.05) is 30.3 Å². The second-order valence-electron chi connectivity index (χ2n) is 6.61. The largest absolute Gasteiger partial charge is 0.477 e. The first-order valence-corrected chi connectivity index (χ1v) is 10.1. The van der Waals surface area contributed by atoms with Crippen LogP contribution in [-0.2, 0) is 11.3 Å². The molecule has 0 spiro atoms. The van der Waals surface area contributed by atoms with Crippen LogP contribution in [0.5, 0.6) is 0 Å². The van der Waals surface area contributed by atoms with Gasteiger partial charge < -0.3 is 20.5 Å². The summed E-state index contributed by atoms with van der Waals surface area (Å²) in [6, 6.07) is 9.68. The fourth-order valence-corrected chi connectivity index (χ4v) is 3.51. The van der Waals surface area contributed by atoms with E-state index in [4.69, 9.17) is 4.74 Å². The number of anilines is 1. The Balaban J connectivity index is 1.45. The van der Waals surface area contributed by atoms with Gasteiger partial charge in [0.05, 0.1) is 0 Å². The highest BCUT2D eigenvalue weighted by atomic mass is 127. The standard InChI is InChI=1S/C19H21IN4O4/c20-18-21-10-15(17(25)26)16(24-18)22-13-6-8-14(9-7-13)23-19(27)28-11-12-4-2-1-3-5-12/h1-5,10,13-14H,6-9,11H2,(H,23,27)(H,25,26)(H,21,22,24). The summed E-state index contributed by atoms with van der Waals surface area (Å²) >= 11 is 1.95. The van der Waals surface area contributed by atoms with Gasteiger partial charge in [0.15, 0.2) is 3.83 Å². The van der Waals surface area contributed by atoms with Crippen molar-refractivity contribution in [2.45, 2.75) is 44.4 Å². The Morgan fingerprint density at radius 1 is 1.14 bits per heavy atom. The predicted molar refractivity (Wildman–Crippen MR) is 111 cm³/mol. The van der Waals surface area contributed by atoms with Gasteiger partial charge in [0, 0.05) is 40.9 Å². The van der Waals surface area contributed by atoms with Crippen LogP contribution in [0.2, 0.25) is 0 Å². The average molecular weight is 496 g/mol. The van der Waals surface area contributed by atoms with Crippen molar-refractivity contribution in [3.8, 4) is 0 Å². The predicted octanol–water partition coefficient (Wildman–Crippen LogP) is 3.43. The average Bonchev–Trinajstić information content (AvgIpc) is 2.68. The molecule has 8 nitrogen and oxygen atoms in total. The Hall–Kier alpha value is -2.43. The molecule has 1 saturated carbocycles. The van der Waals surface area contributed by atoms with E-state index in [9.17, 15) is 14.7 Å². The lowest BCUT2D eigenvalue weighted by molar-refractivity contribution is 0.0696. The second kappa shape index (κ2) is 9.67. The first-order chi connectivity index (χ1) is 13.5. The van der Waals surface area contributed by atoms with Gasteiger partial charge in [-0.2, -0.15) is 0 Å². The van der Waals surface area contributed by atoms with Crippen molar-refractivity contribution >= 4 is 40.5 Å². The summed E-state index contributed by atoms with van der Waals surface area (Å²) in [6.07, 6.45) is 4.05. The van der Waals surface area contributed by atoms with E-state index in [2.05, 4.69) is 20.6 Å². The van der Waals surface area contributed by atoms with Gasteiger partial charge >= 0.3 is 12.1 Å². The maximum atomic E-state index is 12.0. The van der Waals surface area contributed by atoms with Crippen LogP contribution in [0.3, 0.4) is 0 Å². The van der Waals surface area contributed by atoms with E-state index in [0.717, 1.165) is 31.2 Å². The molecule has 0 unspecified atom stereocenters. The highest BCUT2D eigenvalue weighted by molar-refractivity contribution is 14.1. The number of hydrogen-bond acceptors (Lipinski definition) is 6. The molecule has 28 heavy (non-hydrogen) atoms. The van der Waals surface area contributed by atoms with Gasteiger partial charge in [0.25, 0.3) is 0 Å². The number of hydrogen-bond donors (Lipinski definition) is 3. The van der Waals surface area contributed by atoms with Gasteiger partial charge in [0.1, 0.15) is 18.0 Å². The molecule has 0 aliphatic heterocycles. The minimum atomic E-state index is -1.06. The molecule has 2 aromatic rings. The van der Waals surface area contributed by atoms with E-state index in [1.807, 2.05) is 52.9 Å². The Bertz CT molecular complexity index is 826. The molecule has 0 bridgehead atoms. The van der Waals surface area contributed by atoms with Crippen LogP contribution < -0.4 is 10.6 Å². The first kappa shape index (κ1) is 20.3. The van der Waals surface area contributed by atoms with Gasteiger partial charge in [-0.15, -0.1) is 0 Å². The number of ether oxygens (including phenoxy) is 1. The molecule has 0 saturated heterocycles. The summed E-state index contributed by atoms with van der Waals surface area (Å²) in [4.78, 5) is 31.4. The van der Waals surface area contributed by atoms with Gasteiger partial charge in [-0.25, -0.2) is 19.6 Å². The quantitative estimate of drug-likeness (QED) is 0.415. The zero-order valence-electron chi connectivity index (χ0n) is 15.1. The minimum absolute atomic E-state index is 0.0470. The number of rotatable bonds is 6. The molecule has 1 aromatic heterocycles. The van der Waals surface area contributed by atoms with E-state index in [0.29, 0.717) is 9.65 Å². The number of halogens is 1. The number of carbonyl (C=O) groups is 2. The zero-order chi connectivity index (χ0) is 19.9. The number of carboxylic acids is 1. The van der Waals surface area contributed by atoms with Crippen LogP contribution in [0.1, 0.15) is 41.6 Å². The fraction of sp³-hybridized carbons (Fsp3) is 0.368. The minimum Gasteiger partial charge on any atom is -0.477 e. The van der Waals surface area contributed by atoms with Crippen molar-refractivity contribution in [1.82, 2.24) is 15.3 Å². The molecule has 1 aliphatic rings. The van der Waals surface area contributed by atoms with Crippen molar-refractivity contribution < 1.29 is 19.4 Å². The molecule has 1 fully saturated rings. The molecule has 1 aromatic carbocycles. The monoisotopic (exact) mass is 496 g/mol. The molecule has 1 amide bonds. The fourth-order valence-electron chi connectivity index (χ4n) is 3.13. The number of carbonyl (C=O) groups excluding carboxylic acids is 1. The molecule has 0 radical (unpaired) electrons. The molecule has 0 atom stereocenters. The number of carboxylic acid groups (broad SMARTS) is 1. The third-order valence-electron chi connectivity index (χ3n) is 4.59. The Morgan fingerprint density at radius 3 is 2.50 bits per heavy atom. The lowest BCUT2D eigenvalue weighted by atomic mass is 9.91. The van der Waals surface area contributed by atoms with E-state index in [1.165, 1.54) is 6.20 Å². The van der Waals surface area contributed by atoms with Crippen LogP contribution in [0.4, 0.5) is 10.6 Å². The third kappa shape index (κ3) is 5.78. The van der Waals surface area contributed by atoms with Crippen molar-refractivity contribution in [2.24, 2.45) is 0 Å². The molecular weight excluding hydrogens is 475 g/mol. The topological polar surface area (TPSA) is 113 Å². The molecule has 148 valence electrons. The summed E-state index contributed by atoms with van der Waals surface area (Å²) < 4.78 is 5.75. The Morgan fingerprint density at radius 2 is 1.82 bits per heavy atom. The number of nitrogens with zero attached hydrogens (tertiary/aromatic N) is 2. The summed E-state index contributed by atoms with van der Waals surface area (Å²) in [5, 5.41) is 15.4. The van der Waals surface area contributed by atoms with Crippen LogP contribution in [0.25, 0.3) is 0 Å². The molecular formula is C19H21IN4O4. The van der Waals surface area contributed by atoms with Gasteiger partial charge in [-0.05, 0) is 31.2 Å². The number of benzene rings is 1. The number of aromatic nitrogens is 2. The summed E-state index contributed by atoms with van der Waals surface area (Å²) in [5.74, 6) is -0.721. The van der Waals surface area contributed by atoms with E-state index < -0.39 is 12.1 Å². The van der Waals surface area contributed by atoms with Crippen molar-refractivity contribution in [3.63, 3.8) is 0 Å². The molecule has 1 heterocycles. The van der Waals surface area contributed by atoms with Crippen LogP contribution in [0, 0.1) is 3.83 Å². The van der Waals surface area contributed by atoms with E-state index >= 15 is 0 Å². The number of alkyl carbamates (subject to hydrolysis) is 1. The zero-order valence-corrected chi connectivity index (χ0v) is 17.3. The maximum absolute atomic E-state index is 12.0. The summed E-state index contributed by atoms with van der Waals surface area (Å²) in [5.41, 5.74) is 1.00.